The molecule has 0 saturated heterocycles. The van der Waals surface area contributed by atoms with Crippen LogP contribution in [-0.2, 0) is 7.05 Å². The molecule has 1 aromatic heterocycles. The van der Waals surface area contributed by atoms with Crippen LogP contribution in [-0.4, -0.2) is 9.13 Å². The molecule has 0 spiro atoms. The van der Waals surface area contributed by atoms with Crippen LogP contribution in [0.3, 0.4) is 0 Å². The lowest BCUT2D eigenvalue weighted by molar-refractivity contribution is 0.716. The van der Waals surface area contributed by atoms with Gasteiger partial charge in [0.15, 0.2) is 0 Å². The van der Waals surface area contributed by atoms with Crippen LogP contribution in [0.5, 0.6) is 0 Å². The van der Waals surface area contributed by atoms with Gasteiger partial charge in [0, 0.05) is 7.05 Å². The zero-order valence-corrected chi connectivity index (χ0v) is 10.2. The van der Waals surface area contributed by atoms with E-state index in [1.165, 1.54) is 0 Å². The molecule has 1 heterocycles. The van der Waals surface area contributed by atoms with Crippen molar-refractivity contribution < 1.29 is 0 Å². The van der Waals surface area contributed by atoms with Crippen molar-refractivity contribution in [3.8, 4) is 0 Å². The smallest absolute Gasteiger partial charge is 0.295 e. The monoisotopic (exact) mass is 302 g/mol. The largest absolute Gasteiger partial charge is 0.329 e. The first kappa shape index (κ1) is 9.76. The minimum atomic E-state index is 0.0492. The van der Waals surface area contributed by atoms with Gasteiger partial charge >= 0.3 is 5.69 Å². The lowest BCUT2D eigenvalue weighted by atomic mass is 10.3. The number of fused-ring (bicyclic) bond motifs is 1. The van der Waals surface area contributed by atoms with Crippen molar-refractivity contribution in [2.75, 3.05) is 0 Å². The zero-order chi connectivity index (χ0) is 10.3. The Kier molecular flexibility index (Phi) is 2.38. The Balaban J connectivity index is 2.95. The molecule has 0 bridgehead atoms. The minimum Gasteiger partial charge on any atom is -0.295 e. The third-order valence-corrected chi connectivity index (χ3v) is 2.91. The maximum Gasteiger partial charge on any atom is 0.329 e. The number of aromatic nitrogens is 2. The molecule has 1 aromatic carbocycles. The highest BCUT2D eigenvalue weighted by atomic mass is 127. The van der Waals surface area contributed by atoms with E-state index in [0.717, 1.165) is 11.0 Å². The summed E-state index contributed by atoms with van der Waals surface area (Å²) in [6.45, 7) is 2.01. The fourth-order valence-corrected chi connectivity index (χ4v) is 2.20. The standard InChI is InChI=1S/C10H11IN2O/c1-7(11)13-9-6-4-3-5-8(9)12(2)10(13)14/h3-7H,1-2H3. The van der Waals surface area contributed by atoms with E-state index < -0.39 is 0 Å². The third-order valence-electron chi connectivity index (χ3n) is 2.35. The Labute approximate surface area is 95.5 Å². The Morgan fingerprint density at radius 3 is 2.43 bits per heavy atom. The zero-order valence-electron chi connectivity index (χ0n) is 8.07. The van der Waals surface area contributed by atoms with E-state index in [0.29, 0.717) is 0 Å². The van der Waals surface area contributed by atoms with Gasteiger partial charge in [-0.15, -0.1) is 0 Å². The Hall–Kier alpha value is -0.780. The molecule has 4 heteroatoms. The van der Waals surface area contributed by atoms with Crippen LogP contribution >= 0.6 is 22.6 Å². The lowest BCUT2D eigenvalue weighted by Gasteiger charge is -2.03. The topological polar surface area (TPSA) is 26.9 Å². The van der Waals surface area contributed by atoms with Gasteiger partial charge in [-0.2, -0.15) is 0 Å². The molecule has 0 fully saturated rings. The molecule has 14 heavy (non-hydrogen) atoms. The number of benzene rings is 1. The van der Waals surface area contributed by atoms with Crippen molar-refractivity contribution in [3.63, 3.8) is 0 Å². The number of hydrogen-bond donors (Lipinski definition) is 0. The third kappa shape index (κ3) is 1.28. The molecule has 0 N–H and O–H groups in total. The van der Waals surface area contributed by atoms with E-state index in [4.69, 9.17) is 0 Å². The highest BCUT2D eigenvalue weighted by Gasteiger charge is 2.12. The number of rotatable bonds is 1. The van der Waals surface area contributed by atoms with E-state index in [1.807, 2.05) is 31.2 Å². The predicted molar refractivity (Wildman–Crippen MR) is 65.9 cm³/mol. The van der Waals surface area contributed by atoms with E-state index in [-0.39, 0.29) is 9.74 Å². The molecule has 2 aromatic rings. The maximum atomic E-state index is 11.9. The van der Waals surface area contributed by atoms with Gasteiger partial charge in [-0.1, -0.05) is 34.7 Å². The molecule has 3 nitrogen and oxygen atoms in total. The summed E-state index contributed by atoms with van der Waals surface area (Å²) in [6.07, 6.45) is 0. The Morgan fingerprint density at radius 2 is 1.86 bits per heavy atom. The van der Waals surface area contributed by atoms with Crippen molar-refractivity contribution in [3.05, 3.63) is 34.7 Å². The second-order valence-corrected chi connectivity index (χ2v) is 5.08. The predicted octanol–water partition coefficient (Wildman–Crippen LogP) is 2.29. The van der Waals surface area contributed by atoms with Crippen molar-refractivity contribution in [2.24, 2.45) is 7.05 Å². The average Bonchev–Trinajstić information content (AvgIpc) is 2.41. The maximum absolute atomic E-state index is 11.9. The van der Waals surface area contributed by atoms with Gasteiger partial charge in [0.1, 0.15) is 0 Å². The first-order chi connectivity index (χ1) is 6.63. The number of halogens is 1. The summed E-state index contributed by atoms with van der Waals surface area (Å²) in [4.78, 5) is 11.9. The van der Waals surface area contributed by atoms with E-state index in [9.17, 15) is 4.79 Å². The molecule has 0 amide bonds. The van der Waals surface area contributed by atoms with E-state index in [1.54, 1.807) is 16.2 Å². The van der Waals surface area contributed by atoms with Crippen molar-refractivity contribution in [1.82, 2.24) is 9.13 Å². The SMILES string of the molecule is CC(I)n1c(=O)n(C)c2ccccc21. The van der Waals surface area contributed by atoms with Crippen LogP contribution in [0.25, 0.3) is 11.0 Å². The molecular weight excluding hydrogens is 291 g/mol. The van der Waals surface area contributed by atoms with Crippen molar-refractivity contribution in [1.29, 1.82) is 0 Å². The van der Waals surface area contributed by atoms with Crippen molar-refractivity contribution >= 4 is 33.6 Å². The van der Waals surface area contributed by atoms with Gasteiger partial charge < -0.3 is 0 Å². The number of para-hydroxylation sites is 2. The van der Waals surface area contributed by atoms with Gasteiger partial charge in [-0.05, 0) is 19.1 Å². The quantitative estimate of drug-likeness (QED) is 0.586. The summed E-state index contributed by atoms with van der Waals surface area (Å²) in [7, 11) is 1.81. The van der Waals surface area contributed by atoms with Crippen LogP contribution in [0.15, 0.2) is 29.1 Å². The number of alkyl halides is 1. The molecule has 0 aliphatic rings. The van der Waals surface area contributed by atoms with E-state index >= 15 is 0 Å². The molecule has 1 unspecified atom stereocenters. The molecule has 2 rings (SSSR count). The van der Waals surface area contributed by atoms with Crippen LogP contribution in [0, 0.1) is 0 Å². The summed E-state index contributed by atoms with van der Waals surface area (Å²) >= 11 is 2.24. The summed E-state index contributed by atoms with van der Waals surface area (Å²) in [6, 6.07) is 7.85. The average molecular weight is 302 g/mol. The first-order valence-corrected chi connectivity index (χ1v) is 5.67. The molecule has 74 valence electrons. The minimum absolute atomic E-state index is 0.0492. The fraction of sp³-hybridized carbons (Fsp3) is 0.300. The van der Waals surface area contributed by atoms with Gasteiger partial charge in [0.2, 0.25) is 0 Å². The Morgan fingerprint density at radius 1 is 1.29 bits per heavy atom. The molecule has 0 aliphatic carbocycles. The molecule has 0 radical (unpaired) electrons. The Bertz CT molecular complexity index is 524. The molecule has 1 atom stereocenters. The molecule has 0 saturated carbocycles. The second kappa shape index (κ2) is 3.42. The van der Waals surface area contributed by atoms with Gasteiger partial charge in [0.05, 0.1) is 15.1 Å². The number of aryl methyl sites for hydroxylation is 1. The number of nitrogens with zero attached hydrogens (tertiary/aromatic N) is 2. The number of hydrogen-bond acceptors (Lipinski definition) is 1. The summed E-state index contributed by atoms with van der Waals surface area (Å²) in [5.74, 6) is 0. The summed E-state index contributed by atoms with van der Waals surface area (Å²) < 4.78 is 3.66. The van der Waals surface area contributed by atoms with Crippen LogP contribution in [0.2, 0.25) is 0 Å². The van der Waals surface area contributed by atoms with Gasteiger partial charge in [-0.3, -0.25) is 9.13 Å². The highest BCUT2D eigenvalue weighted by Crippen LogP contribution is 2.19. The molecule has 0 aliphatic heterocycles. The van der Waals surface area contributed by atoms with Crippen LogP contribution in [0.4, 0.5) is 0 Å². The highest BCUT2D eigenvalue weighted by molar-refractivity contribution is 14.1. The van der Waals surface area contributed by atoms with Gasteiger partial charge in [0.25, 0.3) is 0 Å². The van der Waals surface area contributed by atoms with Crippen molar-refractivity contribution in [2.45, 2.75) is 11.0 Å². The van der Waals surface area contributed by atoms with Crippen LogP contribution < -0.4 is 5.69 Å². The van der Waals surface area contributed by atoms with Crippen LogP contribution in [0.1, 0.15) is 11.0 Å². The molecular formula is C10H11IN2O. The van der Waals surface area contributed by atoms with Gasteiger partial charge in [-0.25, -0.2) is 4.79 Å². The lowest BCUT2D eigenvalue weighted by Crippen LogP contribution is -2.22. The summed E-state index contributed by atoms with van der Waals surface area (Å²) in [5, 5.41) is 0. The van der Waals surface area contributed by atoms with E-state index in [2.05, 4.69) is 22.6 Å². The normalized spacial score (nSPS) is 13.4. The number of imidazole rings is 1. The fourth-order valence-electron chi connectivity index (χ4n) is 1.66. The summed E-state index contributed by atoms with van der Waals surface area (Å²) in [5.41, 5.74) is 2.04. The first-order valence-electron chi connectivity index (χ1n) is 4.43. The second-order valence-electron chi connectivity index (χ2n) is 3.27.